The van der Waals surface area contributed by atoms with Crippen LogP contribution in [-0.2, 0) is 4.79 Å². The molecule has 5 nitrogen and oxygen atoms in total. The Morgan fingerprint density at radius 2 is 2.00 bits per heavy atom. The lowest BCUT2D eigenvalue weighted by molar-refractivity contribution is -0.130. The van der Waals surface area contributed by atoms with Gasteiger partial charge >= 0.3 is 0 Å². The van der Waals surface area contributed by atoms with Gasteiger partial charge in [0.25, 0.3) is 0 Å². The Hall–Kier alpha value is -0.650. The summed E-state index contributed by atoms with van der Waals surface area (Å²) in [4.78, 5) is 15.5. The lowest BCUT2D eigenvalue weighted by Crippen LogP contribution is -2.49. The quantitative estimate of drug-likeness (QED) is 0.729. The summed E-state index contributed by atoms with van der Waals surface area (Å²) in [6.45, 7) is 6.93. The van der Waals surface area contributed by atoms with Crippen LogP contribution in [0.4, 0.5) is 0 Å². The second kappa shape index (κ2) is 7.22. The predicted octanol–water partition coefficient (Wildman–Crippen LogP) is 0.290. The molecular weight excluding hydrogens is 242 g/mol. The molecule has 0 radical (unpaired) electrons. The molecule has 0 aromatic carbocycles. The second-order valence-electron chi connectivity index (χ2n) is 6.07. The zero-order chi connectivity index (χ0) is 14.5. The van der Waals surface area contributed by atoms with E-state index in [1.54, 1.807) is 19.0 Å². The Bertz CT molecular complexity index is 284. The number of carbonyl (C=O) groups is 1. The third-order valence-corrected chi connectivity index (χ3v) is 3.98. The maximum Gasteiger partial charge on any atom is 0.236 e. The molecule has 0 aromatic heterocycles. The van der Waals surface area contributed by atoms with Crippen LogP contribution in [0.15, 0.2) is 0 Å². The number of nitrogens with zero attached hydrogens (tertiary/aromatic N) is 2. The predicted molar refractivity (Wildman–Crippen MR) is 77.1 cm³/mol. The normalized spacial score (nSPS) is 21.1. The van der Waals surface area contributed by atoms with E-state index in [0.29, 0.717) is 19.1 Å². The van der Waals surface area contributed by atoms with E-state index in [1.807, 2.05) is 13.8 Å². The number of likely N-dealkylation sites (N-methyl/N-ethyl adjacent to an activating group) is 1. The molecular formula is C14H29N3O2. The highest BCUT2D eigenvalue weighted by atomic mass is 16.3. The first kappa shape index (κ1) is 16.4. The van der Waals surface area contributed by atoms with Crippen LogP contribution in [0, 0.1) is 0 Å². The van der Waals surface area contributed by atoms with Crippen molar-refractivity contribution in [2.45, 2.75) is 44.8 Å². The van der Waals surface area contributed by atoms with Gasteiger partial charge in [-0.15, -0.1) is 0 Å². The highest BCUT2D eigenvalue weighted by Crippen LogP contribution is 2.12. The molecule has 1 heterocycles. The fraction of sp³-hybridized carbons (Fsp3) is 0.929. The number of nitrogens with one attached hydrogen (secondary N) is 1. The van der Waals surface area contributed by atoms with Gasteiger partial charge in [0, 0.05) is 39.8 Å². The first-order valence-electron chi connectivity index (χ1n) is 7.22. The molecule has 0 spiro atoms. The Balaban J connectivity index is 2.24. The monoisotopic (exact) mass is 271 g/mol. The van der Waals surface area contributed by atoms with Crippen LogP contribution in [0.3, 0.4) is 0 Å². The first-order valence-corrected chi connectivity index (χ1v) is 7.22. The molecule has 1 rings (SSSR count). The number of hydrogen-bond acceptors (Lipinski definition) is 4. The van der Waals surface area contributed by atoms with Gasteiger partial charge in [0.2, 0.25) is 5.91 Å². The number of aliphatic hydroxyl groups is 1. The third-order valence-electron chi connectivity index (χ3n) is 3.98. The van der Waals surface area contributed by atoms with Crippen LogP contribution >= 0.6 is 0 Å². The van der Waals surface area contributed by atoms with E-state index >= 15 is 0 Å². The summed E-state index contributed by atoms with van der Waals surface area (Å²) in [7, 11) is 3.59. The minimum Gasteiger partial charge on any atom is -0.389 e. The molecule has 1 unspecified atom stereocenters. The standard InChI is InChI=1S/C14H29N3O2/c1-5-14(2,19)11-15-12-6-8-17(9-7-12)10-13(18)16(3)4/h12,15,19H,5-11H2,1-4H3. The van der Waals surface area contributed by atoms with Gasteiger partial charge in [-0.1, -0.05) is 6.92 Å². The van der Waals surface area contributed by atoms with Crippen molar-refractivity contribution in [2.75, 3.05) is 40.3 Å². The average molecular weight is 271 g/mol. The minimum atomic E-state index is -0.613. The zero-order valence-corrected chi connectivity index (χ0v) is 12.8. The smallest absolute Gasteiger partial charge is 0.236 e. The van der Waals surface area contributed by atoms with E-state index in [2.05, 4.69) is 10.2 Å². The van der Waals surface area contributed by atoms with Crippen molar-refractivity contribution in [3.8, 4) is 0 Å². The summed E-state index contributed by atoms with van der Waals surface area (Å²) < 4.78 is 0. The fourth-order valence-corrected chi connectivity index (χ4v) is 2.12. The van der Waals surface area contributed by atoms with Gasteiger partial charge in [-0.2, -0.15) is 0 Å². The number of carbonyl (C=O) groups excluding carboxylic acids is 1. The molecule has 0 aliphatic carbocycles. The van der Waals surface area contributed by atoms with E-state index in [-0.39, 0.29) is 5.91 Å². The Labute approximate surface area is 117 Å². The molecule has 112 valence electrons. The number of likely N-dealkylation sites (tertiary alicyclic amines) is 1. The van der Waals surface area contributed by atoms with Gasteiger partial charge in [0.15, 0.2) is 0 Å². The molecule has 1 atom stereocenters. The van der Waals surface area contributed by atoms with Gasteiger partial charge in [-0.25, -0.2) is 0 Å². The summed E-state index contributed by atoms with van der Waals surface area (Å²) >= 11 is 0. The van der Waals surface area contributed by atoms with Gasteiger partial charge in [0.05, 0.1) is 12.1 Å². The lowest BCUT2D eigenvalue weighted by atomic mass is 10.0. The number of rotatable bonds is 6. The van der Waals surface area contributed by atoms with Crippen molar-refractivity contribution in [3.05, 3.63) is 0 Å². The van der Waals surface area contributed by atoms with Crippen molar-refractivity contribution in [1.29, 1.82) is 0 Å². The van der Waals surface area contributed by atoms with Crippen molar-refractivity contribution >= 4 is 5.91 Å². The van der Waals surface area contributed by atoms with Gasteiger partial charge in [-0.05, 0) is 26.2 Å². The molecule has 1 fully saturated rings. The molecule has 0 saturated carbocycles. The van der Waals surface area contributed by atoms with Crippen LogP contribution in [0.2, 0.25) is 0 Å². The minimum absolute atomic E-state index is 0.167. The summed E-state index contributed by atoms with van der Waals surface area (Å²) in [6, 6.07) is 0.462. The molecule has 1 saturated heterocycles. The summed E-state index contributed by atoms with van der Waals surface area (Å²) in [5, 5.41) is 13.4. The van der Waals surface area contributed by atoms with E-state index in [0.717, 1.165) is 32.4 Å². The van der Waals surface area contributed by atoms with Crippen molar-refractivity contribution in [2.24, 2.45) is 0 Å². The molecule has 5 heteroatoms. The van der Waals surface area contributed by atoms with Gasteiger partial charge < -0.3 is 15.3 Å². The Morgan fingerprint density at radius 1 is 1.42 bits per heavy atom. The molecule has 19 heavy (non-hydrogen) atoms. The Morgan fingerprint density at radius 3 is 2.47 bits per heavy atom. The van der Waals surface area contributed by atoms with Crippen molar-refractivity contribution < 1.29 is 9.90 Å². The van der Waals surface area contributed by atoms with Crippen LogP contribution in [0.25, 0.3) is 0 Å². The van der Waals surface area contributed by atoms with E-state index in [9.17, 15) is 9.90 Å². The summed E-state index contributed by atoms with van der Waals surface area (Å²) in [6.07, 6.45) is 2.84. The molecule has 0 aromatic rings. The van der Waals surface area contributed by atoms with Crippen molar-refractivity contribution in [1.82, 2.24) is 15.1 Å². The highest BCUT2D eigenvalue weighted by Gasteiger charge is 2.24. The lowest BCUT2D eigenvalue weighted by Gasteiger charge is -2.34. The molecule has 1 amide bonds. The third kappa shape index (κ3) is 5.89. The van der Waals surface area contributed by atoms with Gasteiger partial charge in [0.1, 0.15) is 0 Å². The molecule has 1 aliphatic heterocycles. The van der Waals surface area contributed by atoms with Crippen LogP contribution in [0.1, 0.15) is 33.1 Å². The maximum absolute atomic E-state index is 11.6. The van der Waals surface area contributed by atoms with E-state index in [1.165, 1.54) is 0 Å². The number of piperidine rings is 1. The Kier molecular flexibility index (Phi) is 6.23. The van der Waals surface area contributed by atoms with Gasteiger partial charge in [-0.3, -0.25) is 9.69 Å². The summed E-state index contributed by atoms with van der Waals surface area (Å²) in [5.74, 6) is 0.167. The first-order chi connectivity index (χ1) is 8.84. The molecule has 2 N–H and O–H groups in total. The summed E-state index contributed by atoms with van der Waals surface area (Å²) in [5.41, 5.74) is -0.613. The van der Waals surface area contributed by atoms with E-state index in [4.69, 9.17) is 0 Å². The zero-order valence-electron chi connectivity index (χ0n) is 12.8. The van der Waals surface area contributed by atoms with Crippen LogP contribution in [0.5, 0.6) is 0 Å². The largest absolute Gasteiger partial charge is 0.389 e. The van der Waals surface area contributed by atoms with Crippen molar-refractivity contribution in [3.63, 3.8) is 0 Å². The number of hydrogen-bond donors (Lipinski definition) is 2. The number of amides is 1. The second-order valence-corrected chi connectivity index (χ2v) is 6.07. The fourth-order valence-electron chi connectivity index (χ4n) is 2.12. The molecule has 1 aliphatic rings. The SMILES string of the molecule is CCC(C)(O)CNC1CCN(CC(=O)N(C)C)CC1. The maximum atomic E-state index is 11.6. The highest BCUT2D eigenvalue weighted by molar-refractivity contribution is 5.77. The molecule has 0 bridgehead atoms. The average Bonchev–Trinajstić information content (AvgIpc) is 2.38. The van der Waals surface area contributed by atoms with Crippen LogP contribution in [-0.4, -0.2) is 72.7 Å². The van der Waals surface area contributed by atoms with E-state index < -0.39 is 5.60 Å². The topological polar surface area (TPSA) is 55.8 Å². The van der Waals surface area contributed by atoms with Crippen LogP contribution < -0.4 is 5.32 Å².